The van der Waals surface area contributed by atoms with Crippen molar-refractivity contribution in [3.05, 3.63) is 95.1 Å². The molecule has 0 bridgehead atoms. The molecule has 196 valence electrons. The number of carbonyl (C=O) groups excluding carboxylic acids is 1. The number of benzene rings is 3. The molecule has 0 unspecified atom stereocenters. The number of nitrogens with zero attached hydrogens (tertiary/aromatic N) is 2. The summed E-state index contributed by atoms with van der Waals surface area (Å²) in [6.45, 7) is 5.21. The summed E-state index contributed by atoms with van der Waals surface area (Å²) in [5, 5.41) is 6.70. The Bertz CT molecular complexity index is 1310. The van der Waals surface area contributed by atoms with Crippen LogP contribution in [0.3, 0.4) is 0 Å². The maximum absolute atomic E-state index is 13.8. The Morgan fingerprint density at radius 2 is 1.50 bits per heavy atom. The van der Waals surface area contributed by atoms with Gasteiger partial charge in [0.15, 0.2) is 0 Å². The van der Waals surface area contributed by atoms with E-state index in [1.807, 2.05) is 50.2 Å². The molecule has 3 aromatic carbocycles. The van der Waals surface area contributed by atoms with E-state index < -0.39 is 0 Å². The van der Waals surface area contributed by atoms with Crippen LogP contribution in [0.2, 0.25) is 0 Å². The monoisotopic (exact) mass is 510 g/mol. The maximum Gasteiger partial charge on any atom is 0.274 e. The third kappa shape index (κ3) is 5.30. The van der Waals surface area contributed by atoms with E-state index in [1.54, 1.807) is 24.3 Å². The van der Waals surface area contributed by atoms with Crippen LogP contribution in [0, 0.1) is 5.92 Å². The minimum absolute atomic E-state index is 0.117. The van der Waals surface area contributed by atoms with Gasteiger partial charge in [0.2, 0.25) is 0 Å². The molecule has 2 atom stereocenters. The topological polar surface area (TPSA) is 60.4 Å². The molecule has 2 aliphatic rings. The maximum atomic E-state index is 13.8. The molecule has 0 saturated heterocycles. The molecular weight excluding hydrogens is 476 g/mol. The lowest BCUT2D eigenvalue weighted by atomic mass is 9.77. The van der Waals surface area contributed by atoms with Gasteiger partial charge in [-0.15, -0.1) is 0 Å². The van der Waals surface area contributed by atoms with Crippen LogP contribution in [0.25, 0.3) is 6.08 Å². The normalized spacial score (nSPS) is 19.6. The highest BCUT2D eigenvalue weighted by Gasteiger charge is 2.44. The second-order valence-electron chi connectivity index (χ2n) is 9.48. The number of methoxy groups -OCH3 is 1. The van der Waals surface area contributed by atoms with Gasteiger partial charge in [0.05, 0.1) is 32.1 Å². The largest absolute Gasteiger partial charge is 0.497 e. The van der Waals surface area contributed by atoms with Crippen molar-refractivity contribution in [3.63, 3.8) is 0 Å². The van der Waals surface area contributed by atoms with Crippen LogP contribution < -0.4 is 14.2 Å². The van der Waals surface area contributed by atoms with Crippen LogP contribution >= 0.6 is 0 Å². The van der Waals surface area contributed by atoms with E-state index in [1.165, 1.54) is 5.57 Å². The van der Waals surface area contributed by atoms with Gasteiger partial charge >= 0.3 is 0 Å². The number of hydrazone groups is 1. The first-order valence-corrected chi connectivity index (χ1v) is 13.3. The molecule has 0 aromatic heterocycles. The van der Waals surface area contributed by atoms with Crippen molar-refractivity contribution in [2.75, 3.05) is 20.3 Å². The van der Waals surface area contributed by atoms with Crippen molar-refractivity contribution >= 4 is 17.7 Å². The van der Waals surface area contributed by atoms with Gasteiger partial charge < -0.3 is 14.2 Å². The molecule has 1 saturated carbocycles. The van der Waals surface area contributed by atoms with E-state index in [4.69, 9.17) is 19.3 Å². The fourth-order valence-corrected chi connectivity index (χ4v) is 5.32. The lowest BCUT2D eigenvalue weighted by molar-refractivity contribution is 0.0681. The molecule has 0 spiro atoms. The molecule has 1 heterocycles. The van der Waals surface area contributed by atoms with Gasteiger partial charge in [0.25, 0.3) is 5.91 Å². The zero-order valence-electron chi connectivity index (χ0n) is 22.2. The molecule has 5 rings (SSSR count). The summed E-state index contributed by atoms with van der Waals surface area (Å²) >= 11 is 0. The molecular formula is C32H34N2O4. The van der Waals surface area contributed by atoms with Crippen LogP contribution in [0.5, 0.6) is 17.2 Å². The second kappa shape index (κ2) is 11.5. The summed E-state index contributed by atoms with van der Waals surface area (Å²) < 4.78 is 16.5. The molecule has 0 radical (unpaired) electrons. The van der Waals surface area contributed by atoms with Gasteiger partial charge in [-0.3, -0.25) is 4.79 Å². The molecule has 6 heteroatoms. The highest BCUT2D eigenvalue weighted by molar-refractivity contribution is 6.09. The van der Waals surface area contributed by atoms with Crippen LogP contribution in [-0.2, 0) is 0 Å². The fraction of sp³-hybridized carbons (Fsp3) is 0.312. The zero-order chi connectivity index (χ0) is 26.5. The summed E-state index contributed by atoms with van der Waals surface area (Å²) in [5.41, 5.74) is 4.93. The summed E-state index contributed by atoms with van der Waals surface area (Å²) in [7, 11) is 1.62. The van der Waals surface area contributed by atoms with Crippen molar-refractivity contribution in [1.82, 2.24) is 5.01 Å². The van der Waals surface area contributed by atoms with Gasteiger partial charge in [-0.2, -0.15) is 5.10 Å². The fourth-order valence-electron chi connectivity index (χ4n) is 5.32. The van der Waals surface area contributed by atoms with Crippen molar-refractivity contribution < 1.29 is 19.0 Å². The summed E-state index contributed by atoms with van der Waals surface area (Å²) in [6.07, 6.45) is 5.16. The number of rotatable bonds is 8. The Morgan fingerprint density at radius 1 is 0.895 bits per heavy atom. The van der Waals surface area contributed by atoms with Crippen LogP contribution in [0.4, 0.5) is 0 Å². The van der Waals surface area contributed by atoms with Crippen molar-refractivity contribution in [2.24, 2.45) is 11.0 Å². The quantitative estimate of drug-likeness (QED) is 0.330. The summed E-state index contributed by atoms with van der Waals surface area (Å²) in [5.74, 6) is 2.41. The number of allylic oxidation sites excluding steroid dienone is 1. The lowest BCUT2D eigenvalue weighted by Gasteiger charge is -2.30. The van der Waals surface area contributed by atoms with Gasteiger partial charge in [-0.1, -0.05) is 24.3 Å². The average molecular weight is 511 g/mol. The van der Waals surface area contributed by atoms with Crippen LogP contribution in [0.1, 0.15) is 60.6 Å². The highest BCUT2D eigenvalue weighted by atomic mass is 16.5. The van der Waals surface area contributed by atoms with E-state index in [0.717, 1.165) is 47.6 Å². The number of hydrogen-bond acceptors (Lipinski definition) is 5. The number of fused-ring (bicyclic) bond motifs is 1. The standard InChI is InChI=1S/C32H34N2O4/c1-4-37-27-15-9-22(10-16-27)21-25-7-6-8-29-30(25)33-34(32(35)24-13-17-26(36-3)18-14-24)31(29)23-11-19-28(20-12-23)38-5-2/h9-21,29,31H,4-8H2,1-3H3/b25-21+/t29-,31-/m1/s1. The van der Waals surface area contributed by atoms with Crippen LogP contribution in [0.15, 0.2) is 83.5 Å². The van der Waals surface area contributed by atoms with Gasteiger partial charge in [0, 0.05) is 11.5 Å². The van der Waals surface area contributed by atoms with E-state index in [2.05, 4.69) is 30.3 Å². The molecule has 0 N–H and O–H groups in total. The number of ether oxygens (including phenoxy) is 3. The average Bonchev–Trinajstić information content (AvgIpc) is 3.35. The van der Waals surface area contributed by atoms with Crippen LogP contribution in [-0.4, -0.2) is 37.0 Å². The Balaban J connectivity index is 1.51. The Labute approximate surface area is 224 Å². The summed E-state index contributed by atoms with van der Waals surface area (Å²) in [6, 6.07) is 23.3. The molecule has 1 amide bonds. The lowest BCUT2D eigenvalue weighted by Crippen LogP contribution is -2.31. The Kier molecular flexibility index (Phi) is 7.78. The molecule has 1 aliphatic carbocycles. The zero-order valence-corrected chi connectivity index (χ0v) is 22.2. The minimum Gasteiger partial charge on any atom is -0.497 e. The highest BCUT2D eigenvalue weighted by Crippen LogP contribution is 2.45. The predicted molar refractivity (Wildman–Crippen MR) is 150 cm³/mol. The minimum atomic E-state index is -0.181. The van der Waals surface area contributed by atoms with Crippen molar-refractivity contribution in [1.29, 1.82) is 0 Å². The third-order valence-corrected chi connectivity index (χ3v) is 7.11. The third-order valence-electron chi connectivity index (χ3n) is 7.11. The van der Waals surface area contributed by atoms with E-state index in [-0.39, 0.29) is 17.9 Å². The molecule has 6 nitrogen and oxygen atoms in total. The van der Waals surface area contributed by atoms with Gasteiger partial charge in [0.1, 0.15) is 17.2 Å². The first-order chi connectivity index (χ1) is 18.6. The number of carbonyl (C=O) groups is 1. The second-order valence-corrected chi connectivity index (χ2v) is 9.48. The van der Waals surface area contributed by atoms with Crippen molar-refractivity contribution in [3.8, 4) is 17.2 Å². The smallest absolute Gasteiger partial charge is 0.274 e. The summed E-state index contributed by atoms with van der Waals surface area (Å²) in [4.78, 5) is 13.8. The van der Waals surface area contributed by atoms with E-state index in [0.29, 0.717) is 24.5 Å². The van der Waals surface area contributed by atoms with Gasteiger partial charge in [-0.05, 0) is 104 Å². The molecule has 1 aliphatic heterocycles. The van der Waals surface area contributed by atoms with Crippen molar-refractivity contribution in [2.45, 2.75) is 39.2 Å². The number of amides is 1. The number of hydrogen-bond donors (Lipinski definition) is 0. The molecule has 38 heavy (non-hydrogen) atoms. The SMILES string of the molecule is CCOc1ccc(/C=C2\CCC[C@@H]3C2=NN(C(=O)c2ccc(OC)cc2)[C@@H]3c2ccc(OCC)cc2)cc1. The first-order valence-electron chi connectivity index (χ1n) is 13.3. The Morgan fingerprint density at radius 3 is 2.11 bits per heavy atom. The molecule has 3 aromatic rings. The first kappa shape index (κ1) is 25.6. The Hall–Kier alpha value is -4.06. The van der Waals surface area contributed by atoms with E-state index >= 15 is 0 Å². The molecule has 1 fully saturated rings. The van der Waals surface area contributed by atoms with E-state index in [9.17, 15) is 4.79 Å². The predicted octanol–water partition coefficient (Wildman–Crippen LogP) is 6.93. The van der Waals surface area contributed by atoms with Gasteiger partial charge in [-0.25, -0.2) is 5.01 Å².